The van der Waals surface area contributed by atoms with Crippen molar-refractivity contribution in [1.29, 1.82) is 0 Å². The monoisotopic (exact) mass is 453 g/mol. The maximum Gasteiger partial charge on any atom is 0.294 e. The molecule has 1 aliphatic heterocycles. The molecule has 3 rings (SSSR count). The number of nitrogens with zero attached hydrogens (tertiary/aromatic N) is 2. The van der Waals surface area contributed by atoms with Crippen LogP contribution in [0.4, 0.5) is 25.0 Å². The van der Waals surface area contributed by atoms with Gasteiger partial charge in [0.15, 0.2) is 0 Å². The van der Waals surface area contributed by atoms with Crippen LogP contribution in [0.15, 0.2) is 41.3 Å². The fourth-order valence-electron chi connectivity index (χ4n) is 2.47. The average molecular weight is 454 g/mol. The molecule has 1 N–H and O–H groups in total. The predicted molar refractivity (Wildman–Crippen MR) is 106 cm³/mol. The van der Waals surface area contributed by atoms with Crippen molar-refractivity contribution < 1.29 is 28.1 Å². The number of thioether (sulfide) groups is 1. The molecule has 0 bridgehead atoms. The Balaban J connectivity index is 1.74. The Morgan fingerprint density at radius 1 is 1.23 bits per heavy atom. The SMILES string of the molecule is O=C(CN1C(=O)S/C(=C\c2ccc(Cl)c([N+](=O)[O-])c2)C1=O)Nc1ccc(F)cc1F. The van der Waals surface area contributed by atoms with E-state index in [1.54, 1.807) is 0 Å². The van der Waals surface area contributed by atoms with E-state index in [0.29, 0.717) is 22.7 Å². The zero-order valence-electron chi connectivity index (χ0n) is 14.7. The molecule has 0 atom stereocenters. The number of carbonyl (C=O) groups is 3. The molecular weight excluding hydrogens is 444 g/mol. The number of anilines is 1. The standard InChI is InChI=1S/C18H10ClF2N3O5S/c19-11-3-1-9(5-14(11)24(28)29)6-15-17(26)23(18(27)30-15)8-16(25)22-13-4-2-10(20)7-12(13)21/h1-7H,8H2,(H,22,25)/b15-6-. The topological polar surface area (TPSA) is 110 Å². The highest BCUT2D eigenvalue weighted by atomic mass is 35.5. The number of carbonyl (C=O) groups excluding carboxylic acids is 3. The summed E-state index contributed by atoms with van der Waals surface area (Å²) < 4.78 is 26.6. The molecule has 0 radical (unpaired) electrons. The van der Waals surface area contributed by atoms with Crippen molar-refractivity contribution in [2.45, 2.75) is 0 Å². The van der Waals surface area contributed by atoms with E-state index >= 15 is 0 Å². The van der Waals surface area contributed by atoms with E-state index in [0.717, 1.165) is 18.2 Å². The predicted octanol–water partition coefficient (Wildman–Crippen LogP) is 4.20. The first-order valence-corrected chi connectivity index (χ1v) is 9.29. The van der Waals surface area contributed by atoms with Crippen LogP contribution in [0.1, 0.15) is 5.56 Å². The number of amides is 3. The minimum Gasteiger partial charge on any atom is -0.322 e. The van der Waals surface area contributed by atoms with Crippen LogP contribution in [0, 0.1) is 21.7 Å². The zero-order chi connectivity index (χ0) is 22.0. The molecule has 30 heavy (non-hydrogen) atoms. The molecule has 1 heterocycles. The summed E-state index contributed by atoms with van der Waals surface area (Å²) in [5.41, 5.74) is -0.419. The first-order chi connectivity index (χ1) is 14.2. The Bertz CT molecular complexity index is 1120. The number of benzene rings is 2. The molecule has 0 saturated carbocycles. The Morgan fingerprint density at radius 2 is 1.97 bits per heavy atom. The molecule has 1 fully saturated rings. The minimum atomic E-state index is -1.01. The smallest absolute Gasteiger partial charge is 0.294 e. The van der Waals surface area contributed by atoms with Crippen molar-refractivity contribution in [3.8, 4) is 0 Å². The molecule has 8 nitrogen and oxygen atoms in total. The van der Waals surface area contributed by atoms with Crippen LogP contribution in [-0.4, -0.2) is 33.4 Å². The largest absolute Gasteiger partial charge is 0.322 e. The Labute approximate surface area is 176 Å². The first kappa shape index (κ1) is 21.4. The molecule has 0 unspecified atom stereocenters. The second-order valence-corrected chi connectivity index (χ2v) is 7.31. The van der Waals surface area contributed by atoms with Gasteiger partial charge in [0.2, 0.25) is 5.91 Å². The van der Waals surface area contributed by atoms with Gasteiger partial charge in [0, 0.05) is 12.1 Å². The highest BCUT2D eigenvalue weighted by molar-refractivity contribution is 8.18. The lowest BCUT2D eigenvalue weighted by molar-refractivity contribution is -0.384. The van der Waals surface area contributed by atoms with Crippen LogP contribution >= 0.6 is 23.4 Å². The number of rotatable bonds is 5. The molecule has 0 spiro atoms. The Hall–Kier alpha value is -3.31. The van der Waals surface area contributed by atoms with Crippen LogP contribution in [0.25, 0.3) is 6.08 Å². The molecule has 1 aliphatic rings. The van der Waals surface area contributed by atoms with Gasteiger partial charge >= 0.3 is 0 Å². The third kappa shape index (κ3) is 4.63. The average Bonchev–Trinajstić information content (AvgIpc) is 2.92. The highest BCUT2D eigenvalue weighted by Crippen LogP contribution is 2.33. The number of hydrogen-bond donors (Lipinski definition) is 1. The second kappa shape index (κ2) is 8.59. The summed E-state index contributed by atoms with van der Waals surface area (Å²) in [6, 6.07) is 6.36. The molecule has 3 amide bonds. The Kier molecular flexibility index (Phi) is 6.13. The Morgan fingerprint density at radius 3 is 2.63 bits per heavy atom. The van der Waals surface area contributed by atoms with Gasteiger partial charge in [0.1, 0.15) is 23.2 Å². The molecule has 2 aromatic rings. The van der Waals surface area contributed by atoms with Crippen LogP contribution in [0.3, 0.4) is 0 Å². The number of imide groups is 1. The maximum absolute atomic E-state index is 13.6. The maximum atomic E-state index is 13.6. The fraction of sp³-hybridized carbons (Fsp3) is 0.0556. The van der Waals surface area contributed by atoms with Crippen LogP contribution in [0.2, 0.25) is 5.02 Å². The van der Waals surface area contributed by atoms with Crippen LogP contribution < -0.4 is 5.32 Å². The molecule has 0 aromatic heterocycles. The van der Waals surface area contributed by atoms with Crippen molar-refractivity contribution in [2.75, 3.05) is 11.9 Å². The summed E-state index contributed by atoms with van der Waals surface area (Å²) in [4.78, 5) is 47.5. The van der Waals surface area contributed by atoms with E-state index in [4.69, 9.17) is 11.6 Å². The summed E-state index contributed by atoms with van der Waals surface area (Å²) in [5.74, 6) is -3.51. The lowest BCUT2D eigenvalue weighted by atomic mass is 10.2. The summed E-state index contributed by atoms with van der Waals surface area (Å²) >= 11 is 6.28. The van der Waals surface area contributed by atoms with E-state index in [1.807, 2.05) is 0 Å². The van der Waals surface area contributed by atoms with Gasteiger partial charge in [-0.05, 0) is 41.6 Å². The first-order valence-electron chi connectivity index (χ1n) is 8.10. The van der Waals surface area contributed by atoms with E-state index < -0.39 is 40.2 Å². The highest BCUT2D eigenvalue weighted by Gasteiger charge is 2.36. The van der Waals surface area contributed by atoms with Crippen molar-refractivity contribution in [3.63, 3.8) is 0 Å². The van der Waals surface area contributed by atoms with E-state index in [1.165, 1.54) is 18.2 Å². The summed E-state index contributed by atoms with van der Waals surface area (Å²) in [7, 11) is 0. The quantitative estimate of drug-likeness (QED) is 0.412. The number of nitrogens with one attached hydrogen (secondary N) is 1. The molecule has 0 aliphatic carbocycles. The summed E-state index contributed by atoms with van der Waals surface area (Å²) in [6.45, 7) is -0.695. The molecular formula is C18H10ClF2N3O5S. The third-order valence-electron chi connectivity index (χ3n) is 3.85. The van der Waals surface area contributed by atoms with Gasteiger partial charge in [-0.2, -0.15) is 0 Å². The van der Waals surface area contributed by atoms with Gasteiger partial charge in [0.05, 0.1) is 15.5 Å². The lowest BCUT2D eigenvalue weighted by Crippen LogP contribution is -2.36. The van der Waals surface area contributed by atoms with Crippen molar-refractivity contribution >= 4 is 57.9 Å². The molecule has 12 heteroatoms. The molecule has 1 saturated heterocycles. The second-order valence-electron chi connectivity index (χ2n) is 5.91. The van der Waals surface area contributed by atoms with Crippen molar-refractivity contribution in [1.82, 2.24) is 4.90 Å². The van der Waals surface area contributed by atoms with Crippen molar-refractivity contribution in [2.24, 2.45) is 0 Å². The van der Waals surface area contributed by atoms with E-state index in [2.05, 4.69) is 5.32 Å². The van der Waals surface area contributed by atoms with Gasteiger partial charge in [-0.15, -0.1) is 0 Å². The number of nitro groups is 1. The van der Waals surface area contributed by atoms with Crippen LogP contribution in [-0.2, 0) is 9.59 Å². The molecule has 154 valence electrons. The number of hydrogen-bond acceptors (Lipinski definition) is 6. The van der Waals surface area contributed by atoms with Gasteiger partial charge in [-0.1, -0.05) is 17.7 Å². The third-order valence-corrected chi connectivity index (χ3v) is 5.07. The summed E-state index contributed by atoms with van der Waals surface area (Å²) in [6.07, 6.45) is 1.26. The van der Waals surface area contributed by atoms with Crippen molar-refractivity contribution in [3.05, 3.63) is 73.6 Å². The molecule has 2 aromatic carbocycles. The van der Waals surface area contributed by atoms with Gasteiger partial charge in [-0.25, -0.2) is 8.78 Å². The fourth-order valence-corrected chi connectivity index (χ4v) is 3.50. The van der Waals surface area contributed by atoms with E-state index in [-0.39, 0.29) is 26.9 Å². The normalized spacial score (nSPS) is 15.0. The van der Waals surface area contributed by atoms with E-state index in [9.17, 15) is 33.3 Å². The number of halogens is 3. The number of nitro benzene ring substituents is 1. The van der Waals surface area contributed by atoms with Gasteiger partial charge < -0.3 is 5.32 Å². The van der Waals surface area contributed by atoms with Crippen LogP contribution in [0.5, 0.6) is 0 Å². The van der Waals surface area contributed by atoms with Gasteiger partial charge in [-0.3, -0.25) is 29.4 Å². The van der Waals surface area contributed by atoms with Gasteiger partial charge in [0.25, 0.3) is 16.8 Å². The summed E-state index contributed by atoms with van der Waals surface area (Å²) in [5, 5.41) is 12.3. The lowest BCUT2D eigenvalue weighted by Gasteiger charge is -2.12. The zero-order valence-corrected chi connectivity index (χ0v) is 16.3. The minimum absolute atomic E-state index is 0.0580.